The van der Waals surface area contributed by atoms with Crippen LogP contribution >= 0.6 is 11.8 Å². The molecule has 0 atom stereocenters. The van der Waals surface area contributed by atoms with Gasteiger partial charge in [-0.1, -0.05) is 43.0 Å². The number of thioether (sulfide) groups is 1. The van der Waals surface area contributed by atoms with Crippen LogP contribution in [0.2, 0.25) is 0 Å². The Morgan fingerprint density at radius 2 is 1.94 bits per heavy atom. The zero-order valence-electron chi connectivity index (χ0n) is 8.63. The van der Waals surface area contributed by atoms with Gasteiger partial charge >= 0.3 is 0 Å². The van der Waals surface area contributed by atoms with Gasteiger partial charge in [0.25, 0.3) is 5.82 Å². The predicted octanol–water partition coefficient (Wildman–Crippen LogP) is 3.92. The molecule has 0 amide bonds. The first kappa shape index (κ1) is 10.7. The lowest BCUT2D eigenvalue weighted by molar-refractivity contribution is 1.26. The first-order valence-electron chi connectivity index (χ1n) is 4.89. The zero-order chi connectivity index (χ0) is 11.2. The van der Waals surface area contributed by atoms with Gasteiger partial charge in [-0.05, 0) is 11.6 Å². The largest absolute Gasteiger partial charge is 0.360 e. The molecule has 2 aromatic rings. The summed E-state index contributed by atoms with van der Waals surface area (Å²) in [6.45, 7) is 7.02. The van der Waals surface area contributed by atoms with Crippen molar-refractivity contribution >= 4 is 17.6 Å². The fourth-order valence-electron chi connectivity index (χ4n) is 1.31. The Bertz CT molecular complexity index is 503. The second-order valence-electron chi connectivity index (χ2n) is 3.21. The molecule has 0 bridgehead atoms. The summed E-state index contributed by atoms with van der Waals surface area (Å²) in [5, 5.41) is 0. The molecule has 1 aromatic carbocycles. The molecule has 0 fully saturated rings. The minimum Gasteiger partial charge on any atom is -0.360 e. The average Bonchev–Trinajstić information content (AvgIpc) is 2.38. The van der Waals surface area contributed by atoms with Gasteiger partial charge in [0.15, 0.2) is 0 Å². The van der Waals surface area contributed by atoms with Gasteiger partial charge in [0.05, 0.1) is 0 Å². The molecular weight excluding hydrogens is 216 g/mol. The Morgan fingerprint density at radius 3 is 2.69 bits per heavy atom. The molecule has 0 aliphatic carbocycles. The Labute approximate surface area is 99.2 Å². The van der Waals surface area contributed by atoms with E-state index in [9.17, 15) is 0 Å². The van der Waals surface area contributed by atoms with Gasteiger partial charge in [0, 0.05) is 10.6 Å². The highest BCUT2D eigenvalue weighted by atomic mass is 32.2. The second kappa shape index (κ2) is 5.34. The molecule has 0 unspecified atom stereocenters. The molecular formula is C13H10N2S. The van der Waals surface area contributed by atoms with Gasteiger partial charge in [-0.15, -0.1) is 16.7 Å². The number of pyridine rings is 1. The summed E-state index contributed by atoms with van der Waals surface area (Å²) in [6, 6.07) is 14.0. The molecule has 16 heavy (non-hydrogen) atoms. The SMILES string of the molecule is [C-]#[N+]c1ncccc1SCc1ccccc1. The Hall–Kier alpha value is -1.79. The van der Waals surface area contributed by atoms with E-state index in [4.69, 9.17) is 6.57 Å². The summed E-state index contributed by atoms with van der Waals surface area (Å²) in [5.41, 5.74) is 1.26. The van der Waals surface area contributed by atoms with E-state index in [1.807, 2.05) is 30.3 Å². The smallest absolute Gasteiger partial charge is 0.283 e. The first-order valence-corrected chi connectivity index (χ1v) is 5.88. The van der Waals surface area contributed by atoms with Crippen LogP contribution < -0.4 is 0 Å². The van der Waals surface area contributed by atoms with Crippen molar-refractivity contribution < 1.29 is 0 Å². The number of hydrogen-bond donors (Lipinski definition) is 0. The maximum Gasteiger partial charge on any atom is 0.283 e. The molecule has 1 heterocycles. The van der Waals surface area contributed by atoms with E-state index in [0.717, 1.165) is 10.6 Å². The Morgan fingerprint density at radius 1 is 1.12 bits per heavy atom. The van der Waals surface area contributed by atoms with E-state index < -0.39 is 0 Å². The highest BCUT2D eigenvalue weighted by Gasteiger charge is 2.03. The summed E-state index contributed by atoms with van der Waals surface area (Å²) < 4.78 is 0. The van der Waals surface area contributed by atoms with Crippen molar-refractivity contribution in [1.29, 1.82) is 0 Å². The van der Waals surface area contributed by atoms with Crippen LogP contribution in [0.25, 0.3) is 4.85 Å². The fourth-order valence-corrected chi connectivity index (χ4v) is 2.23. The lowest BCUT2D eigenvalue weighted by atomic mass is 10.2. The van der Waals surface area contributed by atoms with Crippen LogP contribution in [0.5, 0.6) is 0 Å². The molecule has 3 heteroatoms. The molecule has 2 rings (SSSR count). The fraction of sp³-hybridized carbons (Fsp3) is 0.0769. The van der Waals surface area contributed by atoms with Crippen molar-refractivity contribution in [2.75, 3.05) is 0 Å². The van der Waals surface area contributed by atoms with E-state index in [2.05, 4.69) is 22.0 Å². The minimum absolute atomic E-state index is 0.489. The minimum atomic E-state index is 0.489. The highest BCUT2D eigenvalue weighted by molar-refractivity contribution is 7.98. The molecule has 0 saturated carbocycles. The van der Waals surface area contributed by atoms with Crippen molar-refractivity contribution in [1.82, 2.24) is 4.98 Å². The molecule has 0 saturated heterocycles. The molecule has 78 valence electrons. The quantitative estimate of drug-likeness (QED) is 0.583. The van der Waals surface area contributed by atoms with Crippen LogP contribution in [0.4, 0.5) is 5.82 Å². The number of nitrogens with zero attached hydrogens (tertiary/aromatic N) is 2. The van der Waals surface area contributed by atoms with Crippen molar-refractivity contribution in [2.45, 2.75) is 10.6 Å². The van der Waals surface area contributed by atoms with Crippen LogP contribution in [0.15, 0.2) is 53.6 Å². The molecule has 0 aliphatic heterocycles. The third-order valence-electron chi connectivity index (χ3n) is 2.09. The molecule has 0 N–H and O–H groups in total. The monoisotopic (exact) mass is 226 g/mol. The third-order valence-corrected chi connectivity index (χ3v) is 3.20. The summed E-state index contributed by atoms with van der Waals surface area (Å²) in [4.78, 5) is 8.38. The van der Waals surface area contributed by atoms with E-state index in [1.54, 1.807) is 18.0 Å². The number of rotatable bonds is 3. The predicted molar refractivity (Wildman–Crippen MR) is 66.5 cm³/mol. The maximum absolute atomic E-state index is 7.02. The lowest BCUT2D eigenvalue weighted by Gasteiger charge is -2.02. The number of hydrogen-bond acceptors (Lipinski definition) is 2. The van der Waals surface area contributed by atoms with Crippen molar-refractivity contribution in [3.63, 3.8) is 0 Å². The van der Waals surface area contributed by atoms with Gasteiger partial charge in [-0.25, -0.2) is 0 Å². The summed E-state index contributed by atoms with van der Waals surface area (Å²) >= 11 is 1.65. The topological polar surface area (TPSA) is 17.2 Å². The van der Waals surface area contributed by atoms with Crippen LogP contribution in [-0.4, -0.2) is 4.98 Å². The third kappa shape index (κ3) is 2.62. The van der Waals surface area contributed by atoms with E-state index in [1.165, 1.54) is 5.56 Å². The highest BCUT2D eigenvalue weighted by Crippen LogP contribution is 2.29. The van der Waals surface area contributed by atoms with Crippen LogP contribution in [-0.2, 0) is 5.75 Å². The van der Waals surface area contributed by atoms with Crippen LogP contribution in [0.1, 0.15) is 5.56 Å². The van der Waals surface area contributed by atoms with E-state index >= 15 is 0 Å². The summed E-state index contributed by atoms with van der Waals surface area (Å²) in [6.07, 6.45) is 1.65. The van der Waals surface area contributed by atoms with Crippen LogP contribution in [0.3, 0.4) is 0 Å². The molecule has 2 nitrogen and oxygen atoms in total. The lowest BCUT2D eigenvalue weighted by Crippen LogP contribution is -1.81. The second-order valence-corrected chi connectivity index (χ2v) is 4.23. The van der Waals surface area contributed by atoms with Gasteiger partial charge in [0.1, 0.15) is 6.20 Å². The molecule has 1 aromatic heterocycles. The van der Waals surface area contributed by atoms with Crippen LogP contribution in [0, 0.1) is 6.57 Å². The zero-order valence-corrected chi connectivity index (χ0v) is 9.45. The first-order chi connectivity index (χ1) is 7.90. The molecule has 0 spiro atoms. The van der Waals surface area contributed by atoms with Gasteiger partial charge < -0.3 is 4.85 Å². The van der Waals surface area contributed by atoms with Gasteiger partial charge in [-0.2, -0.15) is 0 Å². The number of benzene rings is 1. The Kier molecular flexibility index (Phi) is 3.58. The number of aromatic nitrogens is 1. The van der Waals surface area contributed by atoms with Gasteiger partial charge in [-0.3, -0.25) is 0 Å². The normalized spacial score (nSPS) is 9.69. The summed E-state index contributed by atoms with van der Waals surface area (Å²) in [7, 11) is 0. The van der Waals surface area contributed by atoms with Crippen molar-refractivity contribution in [3.8, 4) is 0 Å². The maximum atomic E-state index is 7.02. The molecule has 0 radical (unpaired) electrons. The van der Waals surface area contributed by atoms with Gasteiger partial charge in [0.2, 0.25) is 0 Å². The Balaban J connectivity index is 2.09. The van der Waals surface area contributed by atoms with E-state index in [0.29, 0.717) is 5.82 Å². The standard InChI is InChI=1S/C13H10N2S/c1-14-13-12(8-5-9-15-13)16-10-11-6-3-2-4-7-11/h2-9H,10H2. The van der Waals surface area contributed by atoms with Crippen molar-refractivity contribution in [2.24, 2.45) is 0 Å². The van der Waals surface area contributed by atoms with Crippen molar-refractivity contribution in [3.05, 3.63) is 65.6 Å². The average molecular weight is 226 g/mol. The summed E-state index contributed by atoms with van der Waals surface area (Å²) in [5.74, 6) is 1.36. The molecule has 0 aliphatic rings. The van der Waals surface area contributed by atoms with E-state index in [-0.39, 0.29) is 0 Å².